The first-order valence-corrected chi connectivity index (χ1v) is 8.34. The van der Waals surface area contributed by atoms with Gasteiger partial charge >= 0.3 is 0 Å². The molecule has 0 radical (unpaired) electrons. The van der Waals surface area contributed by atoms with Crippen LogP contribution in [0.4, 0.5) is 0 Å². The summed E-state index contributed by atoms with van der Waals surface area (Å²) < 4.78 is 27.8. The van der Waals surface area contributed by atoms with E-state index in [1.54, 1.807) is 12.1 Å². The zero-order valence-corrected chi connectivity index (χ0v) is 12.9. The Bertz CT molecular complexity index is 456. The quantitative estimate of drug-likeness (QED) is 0.833. The number of nitrogens with one attached hydrogen (secondary N) is 1. The molecule has 1 aromatic rings. The predicted octanol–water partition coefficient (Wildman–Crippen LogP) is 2.20. The van der Waals surface area contributed by atoms with Gasteiger partial charge in [-0.3, -0.25) is 0 Å². The first-order chi connectivity index (χ1) is 7.86. The predicted molar refractivity (Wildman–Crippen MR) is 72.7 cm³/mol. The van der Waals surface area contributed by atoms with E-state index in [-0.39, 0.29) is 22.8 Å². The van der Waals surface area contributed by atoms with Crippen LogP contribution < -0.4 is 4.72 Å². The molecular formula is C10H16BrNO3S2. The summed E-state index contributed by atoms with van der Waals surface area (Å²) in [5.41, 5.74) is 0. The van der Waals surface area contributed by atoms with Crippen molar-refractivity contribution < 1.29 is 13.5 Å². The summed E-state index contributed by atoms with van der Waals surface area (Å²) in [7, 11) is -3.48. The van der Waals surface area contributed by atoms with Gasteiger partial charge in [-0.2, -0.15) is 0 Å². The van der Waals surface area contributed by atoms with Crippen LogP contribution in [0.2, 0.25) is 0 Å². The maximum atomic E-state index is 12.0. The summed E-state index contributed by atoms with van der Waals surface area (Å²) in [6.45, 7) is 3.82. The fraction of sp³-hybridized carbons (Fsp3) is 0.600. The molecule has 1 unspecified atom stereocenters. The average molecular weight is 342 g/mol. The summed E-state index contributed by atoms with van der Waals surface area (Å²) in [6.07, 6.45) is 0.420. The van der Waals surface area contributed by atoms with E-state index in [4.69, 9.17) is 5.11 Å². The number of aliphatic hydroxyl groups is 1. The average Bonchev–Trinajstić information content (AvgIpc) is 2.64. The molecule has 7 heteroatoms. The molecule has 0 aliphatic carbocycles. The molecule has 0 aliphatic heterocycles. The second kappa shape index (κ2) is 6.29. The molecule has 0 spiro atoms. The van der Waals surface area contributed by atoms with Crippen LogP contribution in [0.1, 0.15) is 20.3 Å². The summed E-state index contributed by atoms with van der Waals surface area (Å²) in [4.78, 5) is 0. The van der Waals surface area contributed by atoms with Crippen LogP contribution in [0, 0.1) is 5.92 Å². The van der Waals surface area contributed by atoms with Crippen molar-refractivity contribution >= 4 is 37.3 Å². The minimum atomic E-state index is -3.48. The van der Waals surface area contributed by atoms with Crippen molar-refractivity contribution in [3.63, 3.8) is 0 Å². The van der Waals surface area contributed by atoms with Crippen molar-refractivity contribution in [1.82, 2.24) is 4.72 Å². The van der Waals surface area contributed by atoms with Gasteiger partial charge in [0.2, 0.25) is 10.0 Å². The van der Waals surface area contributed by atoms with E-state index in [1.807, 2.05) is 13.8 Å². The van der Waals surface area contributed by atoms with Crippen molar-refractivity contribution in [2.75, 3.05) is 6.61 Å². The van der Waals surface area contributed by atoms with Crippen LogP contribution in [0.15, 0.2) is 20.1 Å². The normalized spacial score (nSPS) is 14.2. The van der Waals surface area contributed by atoms with Crippen molar-refractivity contribution in [2.45, 2.75) is 30.5 Å². The van der Waals surface area contributed by atoms with Crippen molar-refractivity contribution in [1.29, 1.82) is 0 Å². The third-order valence-corrected chi connectivity index (χ3v) is 5.97. The van der Waals surface area contributed by atoms with Crippen LogP contribution in [0.25, 0.3) is 0 Å². The molecule has 0 bridgehead atoms. The van der Waals surface area contributed by atoms with Gasteiger partial charge in [0.25, 0.3) is 0 Å². The zero-order chi connectivity index (χ0) is 13.1. The zero-order valence-electron chi connectivity index (χ0n) is 9.68. The molecular weight excluding hydrogens is 326 g/mol. The number of halogens is 1. The van der Waals surface area contributed by atoms with Crippen LogP contribution in [-0.4, -0.2) is 26.2 Å². The summed E-state index contributed by atoms with van der Waals surface area (Å²) in [5, 5.41) is 8.92. The fourth-order valence-corrected chi connectivity index (χ4v) is 4.81. The first kappa shape index (κ1) is 15.1. The van der Waals surface area contributed by atoms with Crippen molar-refractivity contribution in [3.8, 4) is 0 Å². The first-order valence-electron chi connectivity index (χ1n) is 5.25. The maximum absolute atomic E-state index is 12.0. The van der Waals surface area contributed by atoms with E-state index in [0.717, 1.165) is 3.79 Å². The molecule has 0 aromatic carbocycles. The topological polar surface area (TPSA) is 66.4 Å². The fourth-order valence-electron chi connectivity index (χ4n) is 1.37. The van der Waals surface area contributed by atoms with Crippen molar-refractivity contribution in [2.24, 2.45) is 5.92 Å². The Morgan fingerprint density at radius 2 is 2.12 bits per heavy atom. The molecule has 0 fully saturated rings. The second-order valence-electron chi connectivity index (χ2n) is 4.04. The number of sulfonamides is 1. The van der Waals surface area contributed by atoms with E-state index in [2.05, 4.69) is 20.7 Å². The monoisotopic (exact) mass is 341 g/mol. The van der Waals surface area contributed by atoms with E-state index >= 15 is 0 Å². The Balaban J connectivity index is 2.84. The molecule has 0 aliphatic rings. The lowest BCUT2D eigenvalue weighted by Gasteiger charge is -2.20. The Labute approximate surface area is 114 Å². The second-order valence-corrected chi connectivity index (χ2v) is 8.45. The van der Waals surface area contributed by atoms with Gasteiger partial charge in [0.15, 0.2) is 0 Å². The third kappa shape index (κ3) is 4.33. The number of hydrogen-bond donors (Lipinski definition) is 2. The molecule has 0 saturated heterocycles. The van der Waals surface area contributed by atoms with Gasteiger partial charge in [0.05, 0.1) is 3.79 Å². The molecule has 17 heavy (non-hydrogen) atoms. The lowest BCUT2D eigenvalue weighted by Crippen LogP contribution is -2.38. The van der Waals surface area contributed by atoms with Gasteiger partial charge in [-0.25, -0.2) is 13.1 Å². The van der Waals surface area contributed by atoms with Gasteiger partial charge < -0.3 is 5.11 Å². The van der Waals surface area contributed by atoms with Gasteiger partial charge in [-0.1, -0.05) is 13.8 Å². The van der Waals surface area contributed by atoms with E-state index < -0.39 is 10.0 Å². The highest BCUT2D eigenvalue weighted by molar-refractivity contribution is 9.11. The van der Waals surface area contributed by atoms with Crippen LogP contribution in [0.5, 0.6) is 0 Å². The molecule has 98 valence electrons. The smallest absolute Gasteiger partial charge is 0.250 e. The number of hydrogen-bond acceptors (Lipinski definition) is 4. The SMILES string of the molecule is CC(C)C(CCO)NS(=O)(=O)c1ccc(Br)s1. The standard InChI is InChI=1S/C10H16BrNO3S2/c1-7(2)8(5-6-13)12-17(14,15)10-4-3-9(11)16-10/h3-4,7-8,12-13H,5-6H2,1-2H3. The van der Waals surface area contributed by atoms with Gasteiger partial charge in [0.1, 0.15) is 4.21 Å². The number of thiophene rings is 1. The highest BCUT2D eigenvalue weighted by Gasteiger charge is 2.23. The van der Waals surface area contributed by atoms with Crippen LogP contribution in [0.3, 0.4) is 0 Å². The Hall–Kier alpha value is 0.0500. The molecule has 1 rings (SSSR count). The van der Waals surface area contributed by atoms with Gasteiger partial charge in [-0.15, -0.1) is 11.3 Å². The summed E-state index contributed by atoms with van der Waals surface area (Å²) in [6, 6.07) is 3.02. The molecule has 1 aromatic heterocycles. The van der Waals surface area contributed by atoms with Crippen molar-refractivity contribution in [3.05, 3.63) is 15.9 Å². The minimum Gasteiger partial charge on any atom is -0.396 e. The molecule has 0 saturated carbocycles. The largest absolute Gasteiger partial charge is 0.396 e. The van der Waals surface area contributed by atoms with Crippen LogP contribution in [-0.2, 0) is 10.0 Å². The number of aliphatic hydroxyl groups excluding tert-OH is 1. The lowest BCUT2D eigenvalue weighted by atomic mass is 10.0. The highest BCUT2D eigenvalue weighted by atomic mass is 79.9. The molecule has 1 heterocycles. The van der Waals surface area contributed by atoms with E-state index in [9.17, 15) is 8.42 Å². The van der Waals surface area contributed by atoms with Gasteiger partial charge in [-0.05, 0) is 40.4 Å². The number of rotatable bonds is 6. The van der Waals surface area contributed by atoms with E-state index in [1.165, 1.54) is 11.3 Å². The van der Waals surface area contributed by atoms with E-state index in [0.29, 0.717) is 6.42 Å². The molecule has 2 N–H and O–H groups in total. The maximum Gasteiger partial charge on any atom is 0.250 e. The molecule has 4 nitrogen and oxygen atoms in total. The lowest BCUT2D eigenvalue weighted by molar-refractivity contribution is 0.256. The molecule has 1 atom stereocenters. The van der Waals surface area contributed by atoms with Crippen LogP contribution >= 0.6 is 27.3 Å². The molecule has 0 amide bonds. The summed E-state index contributed by atoms with van der Waals surface area (Å²) >= 11 is 4.41. The Kier molecular flexibility index (Phi) is 5.59. The van der Waals surface area contributed by atoms with Gasteiger partial charge in [0, 0.05) is 12.6 Å². The summed E-state index contributed by atoms with van der Waals surface area (Å²) in [5.74, 6) is 0.139. The minimum absolute atomic E-state index is 0.0283. The Morgan fingerprint density at radius 1 is 1.47 bits per heavy atom. The third-order valence-electron chi connectivity index (χ3n) is 2.36. The highest BCUT2D eigenvalue weighted by Crippen LogP contribution is 2.26. The Morgan fingerprint density at radius 3 is 2.53 bits per heavy atom.